The lowest BCUT2D eigenvalue weighted by Crippen LogP contribution is -2.16. The lowest BCUT2D eigenvalue weighted by Gasteiger charge is -1.97. The number of aliphatic imine (C=N–C) groups is 2. The lowest BCUT2D eigenvalue weighted by atomic mass is 10.2. The van der Waals surface area contributed by atoms with Gasteiger partial charge in [-0.1, -0.05) is 30.3 Å². The molecule has 0 aromatic heterocycles. The summed E-state index contributed by atoms with van der Waals surface area (Å²) in [4.78, 5) is 6.91. The Morgan fingerprint density at radius 3 is 3.07 bits per heavy atom. The van der Waals surface area contributed by atoms with E-state index >= 15 is 0 Å². The van der Waals surface area contributed by atoms with Crippen molar-refractivity contribution in [3.05, 3.63) is 35.8 Å². The van der Waals surface area contributed by atoms with Gasteiger partial charge in [0, 0.05) is 9.24 Å². The molecule has 0 atom stereocenters. The van der Waals surface area contributed by atoms with Crippen molar-refractivity contribution in [2.75, 3.05) is 6.50 Å². The molecule has 0 amide bonds. The van der Waals surface area contributed by atoms with E-state index in [1.807, 2.05) is 0 Å². The van der Waals surface area contributed by atoms with Crippen LogP contribution in [0, 0.1) is 0 Å². The van der Waals surface area contributed by atoms with Crippen molar-refractivity contribution in [3.8, 4) is 0 Å². The van der Waals surface area contributed by atoms with Gasteiger partial charge >= 0.3 is 0 Å². The summed E-state index contributed by atoms with van der Waals surface area (Å²) in [5.41, 5.74) is 10.3. The number of benzene rings is 1. The highest BCUT2D eigenvalue weighted by atomic mass is 15.1. The molecule has 15 heavy (non-hydrogen) atoms. The maximum atomic E-state index is 7.94. The molecule has 4 N–H and O–H groups in total. The van der Waals surface area contributed by atoms with Gasteiger partial charge in [0.25, 0.3) is 0 Å². The molecular weight excluding hydrogens is 188 g/mol. The fraction of sp³-hybridized carbons (Fsp3) is 0.273. The number of hydrogen-bond donors (Lipinski definition) is 2. The van der Waals surface area contributed by atoms with E-state index in [1.54, 1.807) is 0 Å². The van der Waals surface area contributed by atoms with E-state index in [1.165, 1.54) is 6.92 Å². The van der Waals surface area contributed by atoms with Crippen LogP contribution in [0.1, 0.15) is 22.1 Å². The average Bonchev–Trinajstić information content (AvgIpc) is 2.31. The molecule has 0 saturated carbocycles. The van der Waals surface area contributed by atoms with Crippen molar-refractivity contribution in [2.45, 2.75) is 13.3 Å². The van der Waals surface area contributed by atoms with Crippen molar-refractivity contribution in [3.63, 3.8) is 0 Å². The van der Waals surface area contributed by atoms with Crippen molar-refractivity contribution in [2.24, 2.45) is 21.5 Å². The molecule has 0 heterocycles. The van der Waals surface area contributed by atoms with Crippen molar-refractivity contribution in [1.82, 2.24) is 0 Å². The molecule has 0 spiro atoms. The van der Waals surface area contributed by atoms with E-state index < -0.39 is 30.4 Å². The van der Waals surface area contributed by atoms with Gasteiger partial charge in [0.15, 0.2) is 0 Å². The zero-order valence-electron chi connectivity index (χ0n) is 15.2. The van der Waals surface area contributed by atoms with E-state index in [4.69, 9.17) is 21.1 Å². The molecule has 0 fully saturated rings. The van der Waals surface area contributed by atoms with Crippen LogP contribution < -0.4 is 11.5 Å². The summed E-state index contributed by atoms with van der Waals surface area (Å²) in [7, 11) is 0. The van der Waals surface area contributed by atoms with Gasteiger partial charge < -0.3 is 11.5 Å². The largest absolute Gasteiger partial charge is 0.387 e. The summed E-state index contributed by atoms with van der Waals surface area (Å²) in [6.07, 6.45) is -2.75. The zero-order valence-corrected chi connectivity index (χ0v) is 8.20. The molecule has 0 saturated heterocycles. The monoisotopic (exact) mass is 211 g/mol. The summed E-state index contributed by atoms with van der Waals surface area (Å²) in [5.74, 6) is -0.505. The van der Waals surface area contributed by atoms with E-state index in [0.717, 1.165) is 12.1 Å². The van der Waals surface area contributed by atoms with Gasteiger partial charge in [0.1, 0.15) is 0 Å². The van der Waals surface area contributed by atoms with Crippen LogP contribution in [0.5, 0.6) is 0 Å². The molecular formula is C11H16N4. The maximum Gasteiger partial charge on any atom is 0.216 e. The van der Waals surface area contributed by atoms with Crippen LogP contribution in [0.4, 0.5) is 0 Å². The summed E-state index contributed by atoms with van der Waals surface area (Å²) in [6, 6.07) is 0.934. The van der Waals surface area contributed by atoms with Gasteiger partial charge in [-0.15, -0.1) is 0 Å². The molecule has 80 valence electrons. The van der Waals surface area contributed by atoms with Gasteiger partial charge in [-0.25, -0.2) is 4.99 Å². The fourth-order valence-electron chi connectivity index (χ4n) is 0.734. The third-order valence-electron chi connectivity index (χ3n) is 1.25. The summed E-state index contributed by atoms with van der Waals surface area (Å²) < 4.78 is 54.1. The summed E-state index contributed by atoms with van der Waals surface area (Å²) in [6.45, 7) is -1.43. The lowest BCUT2D eigenvalue weighted by molar-refractivity contribution is 0.962. The Hall–Kier alpha value is -1.84. The molecule has 1 aromatic rings. The average molecular weight is 211 g/mol. The van der Waals surface area contributed by atoms with Crippen molar-refractivity contribution < 1.29 is 9.60 Å². The number of aryl methyl sites for hydroxylation is 1. The summed E-state index contributed by atoms with van der Waals surface area (Å²) >= 11 is 0. The van der Waals surface area contributed by atoms with Gasteiger partial charge in [-0.2, -0.15) is 0 Å². The molecule has 0 aliphatic rings. The highest BCUT2D eigenvalue weighted by Crippen LogP contribution is 1.99. The molecule has 0 radical (unpaired) electrons. The molecule has 1 aromatic carbocycles. The third kappa shape index (κ3) is 4.81. The van der Waals surface area contributed by atoms with Crippen LogP contribution in [0.3, 0.4) is 0 Å². The SMILES string of the molecule is [2H]c1cc([2H])c(C([2H])([2H])C([2H])([2H])N=C(N)N=C(C)N)cc1[2H]. The maximum absolute atomic E-state index is 7.94. The number of nitrogens with zero attached hydrogens (tertiary/aromatic N) is 2. The van der Waals surface area contributed by atoms with Crippen LogP contribution in [0.2, 0.25) is 0 Å². The first-order valence-electron chi connectivity index (χ1n) is 7.63. The molecule has 4 heteroatoms. The first-order chi connectivity index (χ1) is 9.88. The third-order valence-corrected chi connectivity index (χ3v) is 1.25. The van der Waals surface area contributed by atoms with Gasteiger partial charge in [0.05, 0.1) is 12.7 Å². The highest BCUT2D eigenvalue weighted by Gasteiger charge is 1.91. The molecule has 0 aliphatic heterocycles. The zero-order chi connectivity index (χ0) is 17.3. The number of rotatable bonds is 3. The highest BCUT2D eigenvalue weighted by molar-refractivity contribution is 5.93. The van der Waals surface area contributed by atoms with Crippen molar-refractivity contribution in [1.29, 1.82) is 0 Å². The Labute approximate surface area is 99.6 Å². The Morgan fingerprint density at radius 2 is 2.33 bits per heavy atom. The second-order valence-electron chi connectivity index (χ2n) is 2.60. The van der Waals surface area contributed by atoms with E-state index in [0.29, 0.717) is 0 Å². The Bertz CT molecular complexity index is 636. The predicted octanol–water partition coefficient (Wildman–Crippen LogP) is 0.921. The molecule has 1 rings (SSSR count). The first kappa shape index (κ1) is 4.79. The van der Waals surface area contributed by atoms with Gasteiger partial charge in [0.2, 0.25) is 5.96 Å². The van der Waals surface area contributed by atoms with E-state index in [9.17, 15) is 0 Å². The molecule has 0 aliphatic carbocycles. The molecule has 0 unspecified atom stereocenters. The minimum absolute atomic E-state index is 0.0331. The molecule has 0 bridgehead atoms. The second kappa shape index (κ2) is 5.80. The van der Waals surface area contributed by atoms with Gasteiger partial charge in [-0.05, 0) is 18.9 Å². The summed E-state index contributed by atoms with van der Waals surface area (Å²) in [5, 5.41) is 0. The number of amidine groups is 1. The predicted molar refractivity (Wildman–Crippen MR) is 63.9 cm³/mol. The van der Waals surface area contributed by atoms with E-state index in [2.05, 4.69) is 9.98 Å². The van der Waals surface area contributed by atoms with Crippen LogP contribution in [-0.2, 0) is 6.37 Å². The van der Waals surface area contributed by atoms with Crippen LogP contribution in [0.15, 0.2) is 40.2 Å². The minimum atomic E-state index is -2.85. The van der Waals surface area contributed by atoms with Gasteiger partial charge in [-0.3, -0.25) is 4.99 Å². The quantitative estimate of drug-likeness (QED) is 0.576. The normalized spacial score (nSPS) is 21.5. The molecule has 4 nitrogen and oxygen atoms in total. The Balaban J connectivity index is 3.39. The Kier molecular flexibility index (Phi) is 1.85. The van der Waals surface area contributed by atoms with Crippen molar-refractivity contribution >= 4 is 11.8 Å². The minimum Gasteiger partial charge on any atom is -0.387 e. The van der Waals surface area contributed by atoms with Crippen LogP contribution >= 0.6 is 0 Å². The smallest absolute Gasteiger partial charge is 0.216 e. The first-order valence-corrected chi connectivity index (χ1v) is 4.13. The fourth-order valence-corrected chi connectivity index (χ4v) is 0.734. The number of nitrogens with two attached hydrogens (primary N) is 2. The number of hydrogen-bond acceptors (Lipinski definition) is 1. The standard InChI is InChI=1S/C11H16N4/c1-9(12)15-11(13)14-8-7-10-5-3-2-4-6-10/h2-6H,7-8H2,1H3,(H4,12,13,14,15)/i2D,3D,6D,7D2,8D2. The topological polar surface area (TPSA) is 76.8 Å². The van der Waals surface area contributed by atoms with Crippen LogP contribution in [-0.4, -0.2) is 18.3 Å². The van der Waals surface area contributed by atoms with E-state index in [-0.39, 0.29) is 17.9 Å². The Morgan fingerprint density at radius 1 is 1.53 bits per heavy atom. The number of guanidine groups is 1. The second-order valence-corrected chi connectivity index (χ2v) is 2.60. The van der Waals surface area contributed by atoms with Crippen LogP contribution in [0.25, 0.3) is 0 Å².